The van der Waals surface area contributed by atoms with Crippen molar-refractivity contribution in [1.82, 2.24) is 15.0 Å². The largest absolute Gasteiger partial charge is 0.366 e. The lowest BCUT2D eigenvalue weighted by Gasteiger charge is -2.22. The zero-order valence-electron chi connectivity index (χ0n) is 13.1. The molecule has 1 aliphatic rings. The van der Waals surface area contributed by atoms with Crippen molar-refractivity contribution in [2.24, 2.45) is 0 Å². The zero-order chi connectivity index (χ0) is 15.2. The second-order valence-corrected chi connectivity index (χ2v) is 5.77. The Morgan fingerprint density at radius 1 is 1.05 bits per heavy atom. The van der Waals surface area contributed by atoms with E-state index < -0.39 is 0 Å². The smallest absolute Gasteiger partial charge is 0.134 e. The van der Waals surface area contributed by atoms with Gasteiger partial charge in [-0.2, -0.15) is 0 Å². The first-order chi connectivity index (χ1) is 10.8. The Hall–Kier alpha value is -2.17. The predicted molar refractivity (Wildman–Crippen MR) is 89.0 cm³/mol. The maximum Gasteiger partial charge on any atom is 0.134 e. The van der Waals surface area contributed by atoms with Crippen LogP contribution in [0.4, 0.5) is 11.6 Å². The van der Waals surface area contributed by atoms with Crippen molar-refractivity contribution in [1.29, 1.82) is 0 Å². The summed E-state index contributed by atoms with van der Waals surface area (Å²) in [6, 6.07) is 6.09. The van der Waals surface area contributed by atoms with Crippen molar-refractivity contribution in [3.8, 4) is 0 Å². The molecule has 116 valence electrons. The summed E-state index contributed by atoms with van der Waals surface area (Å²) in [5, 5.41) is 3.39. The van der Waals surface area contributed by atoms with E-state index in [4.69, 9.17) is 0 Å². The average molecular weight is 297 g/mol. The van der Waals surface area contributed by atoms with Crippen LogP contribution in [0.1, 0.15) is 37.1 Å². The third kappa shape index (κ3) is 3.93. The highest BCUT2D eigenvalue weighted by Crippen LogP contribution is 2.20. The third-order valence-electron chi connectivity index (χ3n) is 3.98. The molecule has 0 bridgehead atoms. The number of pyridine rings is 1. The van der Waals surface area contributed by atoms with Gasteiger partial charge in [0.05, 0.1) is 0 Å². The van der Waals surface area contributed by atoms with Crippen molar-refractivity contribution in [3.05, 3.63) is 42.0 Å². The molecule has 0 aliphatic carbocycles. The van der Waals surface area contributed by atoms with E-state index in [0.29, 0.717) is 0 Å². The van der Waals surface area contributed by atoms with Crippen LogP contribution in [0.2, 0.25) is 0 Å². The SMILES string of the molecule is Cc1nc(NCc2ccncc2)cc(N2CCCCCC2)n1. The molecule has 0 aromatic carbocycles. The van der Waals surface area contributed by atoms with Crippen LogP contribution in [-0.2, 0) is 6.54 Å². The van der Waals surface area contributed by atoms with Crippen molar-refractivity contribution >= 4 is 11.6 Å². The lowest BCUT2D eigenvalue weighted by molar-refractivity contribution is 0.726. The second kappa shape index (κ2) is 7.20. The number of nitrogens with zero attached hydrogens (tertiary/aromatic N) is 4. The number of rotatable bonds is 4. The van der Waals surface area contributed by atoms with E-state index in [1.807, 2.05) is 31.5 Å². The first-order valence-electron chi connectivity index (χ1n) is 8.05. The Kier molecular flexibility index (Phi) is 4.83. The zero-order valence-corrected chi connectivity index (χ0v) is 13.1. The van der Waals surface area contributed by atoms with Crippen LogP contribution in [0.5, 0.6) is 0 Å². The van der Waals surface area contributed by atoms with E-state index in [0.717, 1.165) is 37.1 Å². The molecule has 5 heteroatoms. The van der Waals surface area contributed by atoms with Crippen LogP contribution < -0.4 is 10.2 Å². The van der Waals surface area contributed by atoms with Crippen LogP contribution in [0.15, 0.2) is 30.6 Å². The van der Waals surface area contributed by atoms with Gasteiger partial charge in [-0.05, 0) is 37.5 Å². The number of aromatic nitrogens is 3. The maximum absolute atomic E-state index is 4.62. The van der Waals surface area contributed by atoms with Gasteiger partial charge < -0.3 is 10.2 Å². The molecule has 5 nitrogen and oxygen atoms in total. The third-order valence-corrected chi connectivity index (χ3v) is 3.98. The second-order valence-electron chi connectivity index (χ2n) is 5.77. The fourth-order valence-corrected chi connectivity index (χ4v) is 2.80. The minimum atomic E-state index is 0.748. The summed E-state index contributed by atoms with van der Waals surface area (Å²) < 4.78 is 0. The number of aryl methyl sites for hydroxylation is 1. The molecule has 1 aliphatic heterocycles. The van der Waals surface area contributed by atoms with E-state index in [1.54, 1.807) is 0 Å². The normalized spacial score (nSPS) is 15.4. The summed E-state index contributed by atoms with van der Waals surface area (Å²) in [5.41, 5.74) is 1.20. The van der Waals surface area contributed by atoms with Gasteiger partial charge >= 0.3 is 0 Å². The Morgan fingerprint density at radius 3 is 2.50 bits per heavy atom. The molecular weight excluding hydrogens is 274 g/mol. The molecule has 3 rings (SSSR count). The molecule has 1 saturated heterocycles. The van der Waals surface area contributed by atoms with Crippen LogP contribution in [-0.4, -0.2) is 28.0 Å². The summed E-state index contributed by atoms with van der Waals surface area (Å²) in [5.74, 6) is 2.76. The molecule has 0 spiro atoms. The molecular formula is C17H23N5. The first kappa shape index (κ1) is 14.8. The van der Waals surface area contributed by atoms with E-state index in [9.17, 15) is 0 Å². The van der Waals surface area contributed by atoms with Crippen molar-refractivity contribution in [2.45, 2.75) is 39.2 Å². The van der Waals surface area contributed by atoms with Crippen molar-refractivity contribution in [3.63, 3.8) is 0 Å². The molecule has 3 heterocycles. The molecule has 0 atom stereocenters. The van der Waals surface area contributed by atoms with Gasteiger partial charge in [0.15, 0.2) is 0 Å². The van der Waals surface area contributed by atoms with Gasteiger partial charge in [-0.1, -0.05) is 12.8 Å². The summed E-state index contributed by atoms with van der Waals surface area (Å²) in [4.78, 5) is 15.5. The Bertz CT molecular complexity index is 591. The minimum Gasteiger partial charge on any atom is -0.366 e. The van der Waals surface area contributed by atoms with Gasteiger partial charge in [-0.25, -0.2) is 9.97 Å². The number of anilines is 2. The number of nitrogens with one attached hydrogen (secondary N) is 1. The molecule has 0 unspecified atom stereocenters. The van der Waals surface area contributed by atoms with E-state index in [2.05, 4.69) is 31.2 Å². The monoisotopic (exact) mass is 297 g/mol. The van der Waals surface area contributed by atoms with E-state index in [-0.39, 0.29) is 0 Å². The van der Waals surface area contributed by atoms with Gasteiger partial charge in [0.25, 0.3) is 0 Å². The summed E-state index contributed by atoms with van der Waals surface area (Å²) in [6.07, 6.45) is 8.78. The lowest BCUT2D eigenvalue weighted by Crippen LogP contribution is -2.25. The van der Waals surface area contributed by atoms with E-state index >= 15 is 0 Å². The standard InChI is InChI=1S/C17H23N5/c1-14-20-16(19-13-15-6-8-18-9-7-15)12-17(21-14)22-10-4-2-3-5-11-22/h6-9,12H,2-5,10-11,13H2,1H3,(H,19,20,21). The van der Waals surface area contributed by atoms with Crippen molar-refractivity contribution < 1.29 is 0 Å². The quantitative estimate of drug-likeness (QED) is 0.939. The van der Waals surface area contributed by atoms with Crippen LogP contribution >= 0.6 is 0 Å². The average Bonchev–Trinajstić information content (AvgIpc) is 2.83. The molecule has 1 fully saturated rings. The molecule has 2 aromatic rings. The fourth-order valence-electron chi connectivity index (χ4n) is 2.80. The Labute approximate surface area is 131 Å². The Balaban J connectivity index is 1.71. The highest BCUT2D eigenvalue weighted by molar-refractivity contribution is 5.49. The van der Waals surface area contributed by atoms with Crippen LogP contribution in [0.25, 0.3) is 0 Å². The lowest BCUT2D eigenvalue weighted by atomic mass is 10.2. The molecule has 0 saturated carbocycles. The highest BCUT2D eigenvalue weighted by atomic mass is 15.2. The van der Waals surface area contributed by atoms with Gasteiger partial charge in [-0.3, -0.25) is 4.98 Å². The molecule has 2 aromatic heterocycles. The topological polar surface area (TPSA) is 53.9 Å². The van der Waals surface area contributed by atoms with Gasteiger partial charge in [0.2, 0.25) is 0 Å². The molecule has 0 radical (unpaired) electrons. The van der Waals surface area contributed by atoms with Gasteiger partial charge in [0.1, 0.15) is 17.5 Å². The molecule has 0 amide bonds. The van der Waals surface area contributed by atoms with Crippen LogP contribution in [0, 0.1) is 6.92 Å². The van der Waals surface area contributed by atoms with Gasteiger partial charge in [0, 0.05) is 38.1 Å². The van der Waals surface area contributed by atoms with Crippen LogP contribution in [0.3, 0.4) is 0 Å². The fraction of sp³-hybridized carbons (Fsp3) is 0.471. The maximum atomic E-state index is 4.62. The number of hydrogen-bond acceptors (Lipinski definition) is 5. The summed E-state index contributed by atoms with van der Waals surface area (Å²) in [6.45, 7) is 4.90. The highest BCUT2D eigenvalue weighted by Gasteiger charge is 2.12. The molecule has 22 heavy (non-hydrogen) atoms. The van der Waals surface area contributed by atoms with E-state index in [1.165, 1.54) is 31.2 Å². The first-order valence-corrected chi connectivity index (χ1v) is 8.05. The predicted octanol–water partition coefficient (Wildman–Crippen LogP) is 3.17. The summed E-state index contributed by atoms with van der Waals surface area (Å²) in [7, 11) is 0. The van der Waals surface area contributed by atoms with Crippen molar-refractivity contribution in [2.75, 3.05) is 23.3 Å². The summed E-state index contributed by atoms with van der Waals surface area (Å²) >= 11 is 0. The Morgan fingerprint density at radius 2 is 1.77 bits per heavy atom. The number of hydrogen-bond donors (Lipinski definition) is 1. The minimum absolute atomic E-state index is 0.748. The molecule has 1 N–H and O–H groups in total. The van der Waals surface area contributed by atoms with Gasteiger partial charge in [-0.15, -0.1) is 0 Å².